The van der Waals surface area contributed by atoms with Crippen LogP contribution in [0.25, 0.3) is 0 Å². The molecule has 2 aliphatic heterocycles. The fraction of sp³-hybridized carbons (Fsp3) is 0.789. The number of aromatic nitrogens is 2. The predicted molar refractivity (Wildman–Crippen MR) is 97.1 cm³/mol. The number of likely N-dealkylation sites (tertiary alicyclic amines) is 2. The molecule has 0 radical (unpaired) electrons. The summed E-state index contributed by atoms with van der Waals surface area (Å²) in [5, 5.41) is 0. The molecule has 0 aromatic carbocycles. The maximum absolute atomic E-state index is 4.51. The van der Waals surface area contributed by atoms with Crippen molar-refractivity contribution in [2.24, 2.45) is 11.8 Å². The number of hydrogen-bond donors (Lipinski definition) is 0. The average Bonchev–Trinajstić information content (AvgIpc) is 3.22. The van der Waals surface area contributed by atoms with Gasteiger partial charge in [-0.25, -0.2) is 4.98 Å². The van der Waals surface area contributed by atoms with Gasteiger partial charge in [0, 0.05) is 44.6 Å². The van der Waals surface area contributed by atoms with Crippen molar-refractivity contribution in [3.63, 3.8) is 0 Å². The highest BCUT2D eigenvalue weighted by Crippen LogP contribution is 2.42. The molecule has 3 heterocycles. The van der Waals surface area contributed by atoms with Crippen molar-refractivity contribution in [1.82, 2.24) is 19.8 Å². The molecule has 5 nitrogen and oxygen atoms in total. The highest BCUT2D eigenvalue weighted by molar-refractivity contribution is 5.36. The summed E-state index contributed by atoms with van der Waals surface area (Å²) in [6.07, 6.45) is 10.9. The fourth-order valence-electron chi connectivity index (χ4n) is 5.29. The molecule has 1 aromatic heterocycles. The van der Waals surface area contributed by atoms with Crippen molar-refractivity contribution in [2.45, 2.75) is 44.7 Å². The van der Waals surface area contributed by atoms with E-state index in [0.29, 0.717) is 6.04 Å². The summed E-state index contributed by atoms with van der Waals surface area (Å²) in [5.41, 5.74) is 0. The number of piperidine rings is 1. The molecule has 1 aromatic rings. The third kappa shape index (κ3) is 3.04. The smallest absolute Gasteiger partial charge is 0.147 e. The van der Waals surface area contributed by atoms with E-state index in [9.17, 15) is 0 Å². The van der Waals surface area contributed by atoms with Gasteiger partial charge in [0.05, 0.1) is 6.20 Å². The zero-order chi connectivity index (χ0) is 16.5. The van der Waals surface area contributed by atoms with Crippen molar-refractivity contribution < 1.29 is 0 Å². The van der Waals surface area contributed by atoms with E-state index in [1.807, 2.05) is 6.20 Å². The van der Waals surface area contributed by atoms with Gasteiger partial charge in [-0.3, -0.25) is 9.88 Å². The van der Waals surface area contributed by atoms with Crippen LogP contribution in [0.4, 0.5) is 5.82 Å². The van der Waals surface area contributed by atoms with Crippen LogP contribution in [0.1, 0.15) is 32.6 Å². The monoisotopic (exact) mass is 329 g/mol. The lowest BCUT2D eigenvalue weighted by atomic mass is 9.97. The Morgan fingerprint density at radius 1 is 1.12 bits per heavy atom. The molecule has 3 aliphatic rings. The molecule has 0 amide bonds. The summed E-state index contributed by atoms with van der Waals surface area (Å²) < 4.78 is 0. The van der Waals surface area contributed by atoms with Crippen LogP contribution in [0.3, 0.4) is 0 Å². The van der Waals surface area contributed by atoms with Crippen molar-refractivity contribution in [3.8, 4) is 0 Å². The molecule has 1 aliphatic carbocycles. The van der Waals surface area contributed by atoms with Gasteiger partial charge in [0.1, 0.15) is 5.82 Å². The van der Waals surface area contributed by atoms with E-state index < -0.39 is 0 Å². The first-order valence-corrected chi connectivity index (χ1v) is 9.71. The third-order valence-electron chi connectivity index (χ3n) is 6.78. The van der Waals surface area contributed by atoms with Crippen LogP contribution in [0.15, 0.2) is 18.6 Å². The van der Waals surface area contributed by atoms with E-state index in [-0.39, 0.29) is 0 Å². The van der Waals surface area contributed by atoms with Gasteiger partial charge in [-0.15, -0.1) is 0 Å². The lowest BCUT2D eigenvalue weighted by molar-refractivity contribution is 0.123. The fourth-order valence-corrected chi connectivity index (χ4v) is 5.29. The zero-order valence-corrected chi connectivity index (χ0v) is 15.1. The molecule has 0 bridgehead atoms. The van der Waals surface area contributed by atoms with Crippen molar-refractivity contribution >= 4 is 5.82 Å². The summed E-state index contributed by atoms with van der Waals surface area (Å²) in [5.74, 6) is 2.72. The van der Waals surface area contributed by atoms with Gasteiger partial charge in [-0.1, -0.05) is 6.92 Å². The van der Waals surface area contributed by atoms with Gasteiger partial charge in [0.15, 0.2) is 0 Å². The molecule has 1 saturated carbocycles. The standard InChI is InChI=1S/C19H31N5/c1-3-23-10-6-16(7-11-23)24-13-15-4-5-18(17(15)14-24)22(2)19-12-20-8-9-21-19/h8-9,12,15-18H,3-7,10-11,13-14H2,1-2H3/t15-,17+,18-/m1/s1. The first kappa shape index (κ1) is 16.3. The van der Waals surface area contributed by atoms with E-state index in [1.54, 1.807) is 12.4 Å². The maximum Gasteiger partial charge on any atom is 0.147 e. The van der Waals surface area contributed by atoms with E-state index in [2.05, 4.69) is 38.6 Å². The highest BCUT2D eigenvalue weighted by atomic mass is 15.3. The minimum atomic E-state index is 0.632. The summed E-state index contributed by atoms with van der Waals surface area (Å²) >= 11 is 0. The predicted octanol–water partition coefficient (Wildman–Crippen LogP) is 2.11. The van der Waals surface area contributed by atoms with Gasteiger partial charge < -0.3 is 9.80 Å². The minimum absolute atomic E-state index is 0.632. The molecule has 5 heteroatoms. The molecule has 132 valence electrons. The Bertz CT molecular complexity index is 528. The molecule has 3 fully saturated rings. The van der Waals surface area contributed by atoms with Gasteiger partial charge in [0.25, 0.3) is 0 Å². The molecule has 0 N–H and O–H groups in total. The van der Waals surface area contributed by atoms with E-state index >= 15 is 0 Å². The molecule has 4 rings (SSSR count). The van der Waals surface area contributed by atoms with Gasteiger partial charge >= 0.3 is 0 Å². The Labute approximate surface area is 146 Å². The number of hydrogen-bond acceptors (Lipinski definition) is 5. The highest BCUT2D eigenvalue weighted by Gasteiger charge is 2.46. The third-order valence-corrected chi connectivity index (χ3v) is 6.78. The number of nitrogens with zero attached hydrogens (tertiary/aromatic N) is 5. The van der Waals surface area contributed by atoms with E-state index in [0.717, 1.165) is 23.7 Å². The Kier molecular flexibility index (Phi) is 4.72. The summed E-state index contributed by atoms with van der Waals surface area (Å²) in [6, 6.07) is 1.45. The van der Waals surface area contributed by atoms with Gasteiger partial charge in [-0.2, -0.15) is 0 Å². The van der Waals surface area contributed by atoms with Crippen LogP contribution in [0, 0.1) is 11.8 Å². The topological polar surface area (TPSA) is 35.5 Å². The molecular weight excluding hydrogens is 298 g/mol. The van der Waals surface area contributed by atoms with Crippen LogP contribution < -0.4 is 4.90 Å². The van der Waals surface area contributed by atoms with E-state index in [1.165, 1.54) is 58.4 Å². The molecule has 0 unspecified atom stereocenters. The van der Waals surface area contributed by atoms with Crippen molar-refractivity contribution in [2.75, 3.05) is 44.7 Å². The van der Waals surface area contributed by atoms with Crippen molar-refractivity contribution in [3.05, 3.63) is 18.6 Å². The number of rotatable bonds is 4. The second-order valence-electron chi connectivity index (χ2n) is 7.86. The summed E-state index contributed by atoms with van der Waals surface area (Å²) in [7, 11) is 2.21. The lowest BCUT2D eigenvalue weighted by Gasteiger charge is -2.37. The zero-order valence-electron chi connectivity index (χ0n) is 15.1. The van der Waals surface area contributed by atoms with E-state index in [4.69, 9.17) is 0 Å². The maximum atomic E-state index is 4.51. The average molecular weight is 329 g/mol. The first-order chi connectivity index (χ1) is 11.8. The van der Waals surface area contributed by atoms with Crippen LogP contribution in [-0.4, -0.2) is 71.6 Å². The Morgan fingerprint density at radius 3 is 2.67 bits per heavy atom. The lowest BCUT2D eigenvalue weighted by Crippen LogP contribution is -2.45. The van der Waals surface area contributed by atoms with Crippen LogP contribution in [-0.2, 0) is 0 Å². The van der Waals surface area contributed by atoms with Crippen LogP contribution in [0.5, 0.6) is 0 Å². The molecule has 3 atom stereocenters. The molecule has 24 heavy (non-hydrogen) atoms. The molecular formula is C19H31N5. The second-order valence-corrected chi connectivity index (χ2v) is 7.86. The molecule has 2 saturated heterocycles. The quantitative estimate of drug-likeness (QED) is 0.845. The number of fused-ring (bicyclic) bond motifs is 1. The minimum Gasteiger partial charge on any atom is -0.355 e. The Morgan fingerprint density at radius 2 is 1.96 bits per heavy atom. The Balaban J connectivity index is 1.39. The summed E-state index contributed by atoms with van der Waals surface area (Å²) in [4.78, 5) is 16.6. The van der Waals surface area contributed by atoms with Crippen LogP contribution >= 0.6 is 0 Å². The van der Waals surface area contributed by atoms with Crippen LogP contribution in [0.2, 0.25) is 0 Å². The SMILES string of the molecule is CCN1CCC(N2C[C@H]3CC[C@@H](N(C)c4cnccn4)[C@H]3C2)CC1. The molecule has 0 spiro atoms. The Hall–Kier alpha value is -1.20. The number of anilines is 1. The summed E-state index contributed by atoms with van der Waals surface area (Å²) in [6.45, 7) is 8.69. The van der Waals surface area contributed by atoms with Gasteiger partial charge in [0.2, 0.25) is 0 Å². The van der Waals surface area contributed by atoms with Crippen molar-refractivity contribution in [1.29, 1.82) is 0 Å². The largest absolute Gasteiger partial charge is 0.355 e. The second kappa shape index (κ2) is 6.96. The first-order valence-electron chi connectivity index (χ1n) is 9.71. The van der Waals surface area contributed by atoms with Gasteiger partial charge in [-0.05, 0) is 57.2 Å². The normalized spacial score (nSPS) is 32.2.